The lowest BCUT2D eigenvalue weighted by molar-refractivity contribution is -0.113. The molecule has 0 unspecified atom stereocenters. The number of carbonyl (C=O) groups excluding carboxylic acids is 2. The first-order valence-electron chi connectivity index (χ1n) is 10.0. The number of benzene rings is 3. The van der Waals surface area contributed by atoms with E-state index < -0.39 is 0 Å². The van der Waals surface area contributed by atoms with Crippen molar-refractivity contribution in [3.63, 3.8) is 0 Å². The summed E-state index contributed by atoms with van der Waals surface area (Å²) in [6.45, 7) is 2.13. The molecular weight excluding hydrogens is 406 g/mol. The summed E-state index contributed by atoms with van der Waals surface area (Å²) < 4.78 is 0. The minimum absolute atomic E-state index is 0.146. The summed E-state index contributed by atoms with van der Waals surface area (Å²) in [7, 11) is 0. The first kappa shape index (κ1) is 22.1. The fraction of sp³-hybridized carbons (Fsp3) is 0.160. The third-order valence-corrected chi connectivity index (χ3v) is 5.59. The van der Waals surface area contributed by atoms with Gasteiger partial charge < -0.3 is 10.6 Å². The molecular formula is C25H23N3O2S. The molecule has 0 radical (unpaired) electrons. The third kappa shape index (κ3) is 6.46. The summed E-state index contributed by atoms with van der Waals surface area (Å²) in [5.41, 5.74) is 3.55. The normalized spacial score (nSPS) is 10.2. The van der Waals surface area contributed by atoms with Crippen LogP contribution < -0.4 is 10.6 Å². The van der Waals surface area contributed by atoms with Gasteiger partial charge in [-0.25, -0.2) is 0 Å². The van der Waals surface area contributed by atoms with E-state index in [0.717, 1.165) is 23.4 Å². The molecule has 0 aliphatic rings. The number of rotatable bonds is 8. The Balaban J connectivity index is 1.62. The predicted octanol–water partition coefficient (Wildman–Crippen LogP) is 5.49. The molecule has 31 heavy (non-hydrogen) atoms. The van der Waals surface area contributed by atoms with Crippen molar-refractivity contribution in [1.82, 2.24) is 0 Å². The van der Waals surface area contributed by atoms with Crippen molar-refractivity contribution in [2.24, 2.45) is 0 Å². The van der Waals surface area contributed by atoms with Gasteiger partial charge in [-0.15, -0.1) is 11.8 Å². The first-order chi connectivity index (χ1) is 15.1. The minimum atomic E-state index is -0.214. The lowest BCUT2D eigenvalue weighted by Gasteiger charge is -2.11. The number of nitrogens with one attached hydrogen (secondary N) is 2. The van der Waals surface area contributed by atoms with Crippen molar-refractivity contribution in [3.05, 3.63) is 89.5 Å². The summed E-state index contributed by atoms with van der Waals surface area (Å²) >= 11 is 1.29. The zero-order chi connectivity index (χ0) is 22.1. The van der Waals surface area contributed by atoms with Gasteiger partial charge in [-0.1, -0.05) is 43.7 Å². The van der Waals surface area contributed by atoms with Crippen LogP contribution in [0.25, 0.3) is 0 Å². The molecule has 2 amide bonds. The van der Waals surface area contributed by atoms with E-state index in [2.05, 4.69) is 17.6 Å². The second-order valence-corrected chi connectivity index (χ2v) is 7.94. The fourth-order valence-electron chi connectivity index (χ4n) is 3.03. The molecule has 156 valence electrons. The molecule has 5 nitrogen and oxygen atoms in total. The van der Waals surface area contributed by atoms with E-state index in [1.165, 1.54) is 17.3 Å². The van der Waals surface area contributed by atoms with E-state index in [4.69, 9.17) is 5.26 Å². The van der Waals surface area contributed by atoms with E-state index in [-0.39, 0.29) is 17.6 Å². The number of amides is 2. The number of aryl methyl sites for hydroxylation is 1. The Kier molecular flexibility index (Phi) is 7.85. The average Bonchev–Trinajstić information content (AvgIpc) is 2.79. The Morgan fingerprint density at radius 3 is 2.45 bits per heavy atom. The maximum atomic E-state index is 12.8. The van der Waals surface area contributed by atoms with Crippen molar-refractivity contribution < 1.29 is 9.59 Å². The molecule has 0 heterocycles. The second kappa shape index (κ2) is 11.0. The number of hydrogen-bond donors (Lipinski definition) is 2. The van der Waals surface area contributed by atoms with Gasteiger partial charge in [0.1, 0.15) is 0 Å². The molecule has 0 spiro atoms. The molecule has 0 saturated heterocycles. The molecule has 0 aliphatic heterocycles. The smallest absolute Gasteiger partial charge is 0.256 e. The maximum Gasteiger partial charge on any atom is 0.256 e. The van der Waals surface area contributed by atoms with Crippen molar-refractivity contribution in [2.75, 3.05) is 16.4 Å². The van der Waals surface area contributed by atoms with Crippen LogP contribution in [0.4, 0.5) is 11.4 Å². The Labute approximate surface area is 186 Å². The van der Waals surface area contributed by atoms with Gasteiger partial charge in [-0.2, -0.15) is 5.26 Å². The van der Waals surface area contributed by atoms with E-state index in [1.54, 1.807) is 36.4 Å². The molecule has 0 fully saturated rings. The molecule has 0 saturated carbocycles. The topological polar surface area (TPSA) is 82.0 Å². The van der Waals surface area contributed by atoms with Crippen LogP contribution in [-0.2, 0) is 11.2 Å². The molecule has 2 N–H and O–H groups in total. The van der Waals surface area contributed by atoms with Gasteiger partial charge in [0.15, 0.2) is 0 Å². The Morgan fingerprint density at radius 2 is 1.71 bits per heavy atom. The lowest BCUT2D eigenvalue weighted by atomic mass is 10.1. The van der Waals surface area contributed by atoms with Crippen molar-refractivity contribution in [3.8, 4) is 6.07 Å². The highest BCUT2D eigenvalue weighted by Gasteiger charge is 2.13. The lowest BCUT2D eigenvalue weighted by Crippen LogP contribution is -2.16. The Hall–Kier alpha value is -3.56. The summed E-state index contributed by atoms with van der Waals surface area (Å²) in [5.74, 6) is -0.275. The average molecular weight is 430 g/mol. The number of nitriles is 1. The molecule has 0 aromatic heterocycles. The SMILES string of the molecule is CCCc1ccc(NC(=O)c2ccccc2SCC(=O)Nc2cccc(C#N)c2)cc1. The zero-order valence-electron chi connectivity index (χ0n) is 17.2. The van der Waals surface area contributed by atoms with Crippen LogP contribution in [0.15, 0.2) is 77.7 Å². The molecule has 6 heteroatoms. The predicted molar refractivity (Wildman–Crippen MR) is 125 cm³/mol. The Morgan fingerprint density at radius 1 is 0.935 bits per heavy atom. The standard InChI is InChI=1S/C25H23N3O2S/c1-2-6-18-11-13-20(14-12-18)28-25(30)22-9-3-4-10-23(22)31-17-24(29)27-21-8-5-7-19(15-21)16-26/h3-5,7-15H,2,6,17H2,1H3,(H,27,29)(H,28,30). The minimum Gasteiger partial charge on any atom is -0.325 e. The molecule has 0 aliphatic carbocycles. The van der Waals surface area contributed by atoms with Gasteiger partial charge in [-0.05, 0) is 54.4 Å². The van der Waals surface area contributed by atoms with Crippen molar-refractivity contribution in [1.29, 1.82) is 5.26 Å². The van der Waals surface area contributed by atoms with Gasteiger partial charge in [0.2, 0.25) is 5.91 Å². The molecule has 0 bridgehead atoms. The number of nitrogens with zero attached hydrogens (tertiary/aromatic N) is 1. The summed E-state index contributed by atoms with van der Waals surface area (Å²) in [6.07, 6.45) is 2.09. The van der Waals surface area contributed by atoms with Crippen molar-refractivity contribution in [2.45, 2.75) is 24.7 Å². The van der Waals surface area contributed by atoms with Crippen LogP contribution in [0.5, 0.6) is 0 Å². The summed E-state index contributed by atoms with van der Waals surface area (Å²) in [5, 5.41) is 14.7. The summed E-state index contributed by atoms with van der Waals surface area (Å²) in [6, 6.07) is 23.9. The second-order valence-electron chi connectivity index (χ2n) is 6.93. The highest BCUT2D eigenvalue weighted by Crippen LogP contribution is 2.24. The third-order valence-electron chi connectivity index (χ3n) is 4.52. The van der Waals surface area contributed by atoms with E-state index >= 15 is 0 Å². The zero-order valence-corrected chi connectivity index (χ0v) is 18.0. The van der Waals surface area contributed by atoms with E-state index in [9.17, 15) is 9.59 Å². The quantitative estimate of drug-likeness (QED) is 0.464. The fourth-order valence-corrected chi connectivity index (χ4v) is 3.88. The monoisotopic (exact) mass is 429 g/mol. The van der Waals surface area contributed by atoms with Crippen LogP contribution in [0.3, 0.4) is 0 Å². The van der Waals surface area contributed by atoms with E-state index in [1.807, 2.05) is 42.5 Å². The van der Waals surface area contributed by atoms with E-state index in [0.29, 0.717) is 16.8 Å². The molecule has 0 atom stereocenters. The number of thioether (sulfide) groups is 1. The molecule has 3 rings (SSSR count). The first-order valence-corrected chi connectivity index (χ1v) is 11.0. The summed E-state index contributed by atoms with van der Waals surface area (Å²) in [4.78, 5) is 25.8. The van der Waals surface area contributed by atoms with Gasteiger partial charge in [0.25, 0.3) is 5.91 Å². The van der Waals surface area contributed by atoms with Crippen molar-refractivity contribution >= 4 is 35.0 Å². The van der Waals surface area contributed by atoms with Crippen LogP contribution in [-0.4, -0.2) is 17.6 Å². The highest BCUT2D eigenvalue weighted by molar-refractivity contribution is 8.00. The van der Waals surface area contributed by atoms with Gasteiger partial charge >= 0.3 is 0 Å². The van der Waals surface area contributed by atoms with Gasteiger partial charge in [0, 0.05) is 16.3 Å². The van der Waals surface area contributed by atoms with Crippen LogP contribution in [0, 0.1) is 11.3 Å². The largest absolute Gasteiger partial charge is 0.325 e. The molecule has 3 aromatic rings. The van der Waals surface area contributed by atoms with Gasteiger partial charge in [-0.3, -0.25) is 9.59 Å². The number of carbonyl (C=O) groups is 2. The van der Waals surface area contributed by atoms with Crippen LogP contribution in [0.1, 0.15) is 34.8 Å². The highest BCUT2D eigenvalue weighted by atomic mass is 32.2. The maximum absolute atomic E-state index is 12.8. The number of hydrogen-bond acceptors (Lipinski definition) is 4. The van der Waals surface area contributed by atoms with Crippen LogP contribution >= 0.6 is 11.8 Å². The number of anilines is 2. The van der Waals surface area contributed by atoms with Crippen LogP contribution in [0.2, 0.25) is 0 Å². The molecule has 3 aromatic carbocycles. The Bertz CT molecular complexity index is 1100. The van der Waals surface area contributed by atoms with Gasteiger partial charge in [0.05, 0.1) is 22.9 Å².